The van der Waals surface area contributed by atoms with Crippen molar-refractivity contribution in [2.45, 2.75) is 60.8 Å². The van der Waals surface area contributed by atoms with Crippen LogP contribution in [0.25, 0.3) is 0 Å². The molecule has 0 aliphatic heterocycles. The number of hydrogen-bond acceptors (Lipinski definition) is 2. The molecule has 4 heteroatoms. The summed E-state index contributed by atoms with van der Waals surface area (Å²) in [6.07, 6.45) is 8.61. The van der Waals surface area contributed by atoms with Crippen LogP contribution in [0.4, 0.5) is 5.69 Å². The SMILES string of the molecule is C=C(/C=C\C(C=O)=C/C)C(=O)Nc1cccc(Br)c1CCC.CC.CCC. The number of aldehydes is 1. The molecular weight excluding hydrogens is 402 g/mol. The molecule has 27 heavy (non-hydrogen) atoms. The molecule has 1 N–H and O–H groups in total. The van der Waals surface area contributed by atoms with E-state index >= 15 is 0 Å². The molecule has 0 radical (unpaired) electrons. The van der Waals surface area contributed by atoms with Crippen LogP contribution in [0.2, 0.25) is 0 Å². The Balaban J connectivity index is 0. The Morgan fingerprint density at radius 2 is 1.78 bits per heavy atom. The van der Waals surface area contributed by atoms with Crippen molar-refractivity contribution in [1.82, 2.24) is 0 Å². The first kappa shape index (κ1) is 27.3. The molecule has 0 unspecified atom stereocenters. The number of amides is 1. The highest BCUT2D eigenvalue weighted by Crippen LogP contribution is 2.26. The molecule has 0 aromatic heterocycles. The predicted octanol–water partition coefficient (Wildman–Crippen LogP) is 7.04. The Hall–Kier alpha value is -1.94. The number of allylic oxidation sites excluding steroid dienone is 3. The molecular formula is C23H34BrNO2. The predicted molar refractivity (Wildman–Crippen MR) is 122 cm³/mol. The lowest BCUT2D eigenvalue weighted by atomic mass is 10.1. The zero-order chi connectivity index (χ0) is 21.2. The molecule has 1 aromatic carbocycles. The third-order valence-electron chi connectivity index (χ3n) is 3.11. The molecule has 3 nitrogen and oxygen atoms in total. The Labute approximate surface area is 173 Å². The van der Waals surface area contributed by atoms with Crippen molar-refractivity contribution >= 4 is 33.8 Å². The maximum Gasteiger partial charge on any atom is 0.255 e. The summed E-state index contributed by atoms with van der Waals surface area (Å²) < 4.78 is 0.977. The van der Waals surface area contributed by atoms with Crippen molar-refractivity contribution in [3.05, 3.63) is 64.2 Å². The van der Waals surface area contributed by atoms with Crippen LogP contribution in [0.3, 0.4) is 0 Å². The summed E-state index contributed by atoms with van der Waals surface area (Å²) in [6, 6.07) is 5.70. The van der Waals surface area contributed by atoms with Gasteiger partial charge in [-0.25, -0.2) is 0 Å². The monoisotopic (exact) mass is 435 g/mol. The van der Waals surface area contributed by atoms with Gasteiger partial charge in [0, 0.05) is 21.3 Å². The Kier molecular flexibility index (Phi) is 17.7. The molecule has 0 aliphatic rings. The highest BCUT2D eigenvalue weighted by molar-refractivity contribution is 9.10. The molecule has 0 aliphatic carbocycles. The Morgan fingerprint density at radius 3 is 2.26 bits per heavy atom. The third kappa shape index (κ3) is 11.4. The minimum atomic E-state index is -0.284. The van der Waals surface area contributed by atoms with Gasteiger partial charge in [0.25, 0.3) is 5.91 Å². The molecule has 0 heterocycles. The van der Waals surface area contributed by atoms with Crippen molar-refractivity contribution in [1.29, 1.82) is 0 Å². The normalized spacial score (nSPS) is 10.3. The van der Waals surface area contributed by atoms with Gasteiger partial charge in [-0.15, -0.1) is 0 Å². The van der Waals surface area contributed by atoms with Gasteiger partial charge < -0.3 is 5.32 Å². The molecule has 0 fully saturated rings. The van der Waals surface area contributed by atoms with Gasteiger partial charge in [0.05, 0.1) is 0 Å². The van der Waals surface area contributed by atoms with Crippen molar-refractivity contribution in [2.24, 2.45) is 0 Å². The molecule has 0 spiro atoms. The zero-order valence-electron chi connectivity index (χ0n) is 17.6. The summed E-state index contributed by atoms with van der Waals surface area (Å²) in [5, 5.41) is 2.87. The van der Waals surface area contributed by atoms with Gasteiger partial charge in [-0.05, 0) is 37.1 Å². The first-order valence-electron chi connectivity index (χ1n) is 9.52. The average Bonchev–Trinajstić information content (AvgIpc) is 2.67. The molecule has 0 saturated carbocycles. The summed E-state index contributed by atoms with van der Waals surface area (Å²) in [4.78, 5) is 22.9. The van der Waals surface area contributed by atoms with Gasteiger partial charge in [0.1, 0.15) is 6.29 Å². The van der Waals surface area contributed by atoms with Gasteiger partial charge >= 0.3 is 0 Å². The summed E-state index contributed by atoms with van der Waals surface area (Å²) in [6.45, 7) is 15.8. The summed E-state index contributed by atoms with van der Waals surface area (Å²) >= 11 is 3.51. The highest BCUT2D eigenvalue weighted by atomic mass is 79.9. The van der Waals surface area contributed by atoms with Gasteiger partial charge in [-0.3, -0.25) is 9.59 Å². The second-order valence-electron chi connectivity index (χ2n) is 5.44. The lowest BCUT2D eigenvalue weighted by Gasteiger charge is -2.12. The molecule has 150 valence electrons. The van der Waals surface area contributed by atoms with E-state index in [1.165, 1.54) is 12.5 Å². The number of nitrogens with one attached hydrogen (secondary N) is 1. The van der Waals surface area contributed by atoms with E-state index in [1.807, 2.05) is 32.0 Å². The van der Waals surface area contributed by atoms with Crippen LogP contribution in [0.5, 0.6) is 0 Å². The van der Waals surface area contributed by atoms with E-state index in [1.54, 1.807) is 19.1 Å². The van der Waals surface area contributed by atoms with Crippen LogP contribution >= 0.6 is 15.9 Å². The Morgan fingerprint density at radius 1 is 1.19 bits per heavy atom. The number of carbonyl (C=O) groups is 2. The van der Waals surface area contributed by atoms with Crippen molar-refractivity contribution in [2.75, 3.05) is 5.32 Å². The third-order valence-corrected chi connectivity index (χ3v) is 3.85. The number of halogens is 1. The minimum Gasteiger partial charge on any atom is -0.322 e. The molecule has 1 aromatic rings. The topological polar surface area (TPSA) is 46.2 Å². The van der Waals surface area contributed by atoms with Crippen molar-refractivity contribution < 1.29 is 9.59 Å². The average molecular weight is 436 g/mol. The number of rotatable bonds is 7. The summed E-state index contributed by atoms with van der Waals surface area (Å²) in [5.41, 5.74) is 2.64. The van der Waals surface area contributed by atoms with E-state index in [4.69, 9.17) is 0 Å². The first-order chi connectivity index (χ1) is 12.9. The quantitative estimate of drug-likeness (QED) is 0.283. The standard InChI is InChI=1S/C18H20BrNO2.C3H8.C2H6/c1-4-7-15-16(19)8-6-9-17(15)20-18(22)13(3)10-11-14(5-2)12-21;1-3-2;1-2/h5-6,8-12H,3-4,7H2,1-2H3,(H,20,22);3H2,1-2H3;1-2H3/b11-10-,14-5+;;. The number of anilines is 1. The van der Waals surface area contributed by atoms with Crippen LogP contribution in [0.1, 0.15) is 59.9 Å². The molecule has 0 saturated heterocycles. The highest BCUT2D eigenvalue weighted by Gasteiger charge is 2.10. The van der Waals surface area contributed by atoms with Crippen molar-refractivity contribution in [3.63, 3.8) is 0 Å². The lowest BCUT2D eigenvalue weighted by Crippen LogP contribution is -2.14. The van der Waals surface area contributed by atoms with Crippen LogP contribution in [-0.4, -0.2) is 12.2 Å². The van der Waals surface area contributed by atoms with Gasteiger partial charge in [0.15, 0.2) is 0 Å². The number of benzene rings is 1. The van der Waals surface area contributed by atoms with E-state index in [2.05, 4.69) is 48.6 Å². The van der Waals surface area contributed by atoms with Crippen LogP contribution in [-0.2, 0) is 16.0 Å². The maximum absolute atomic E-state index is 12.2. The van der Waals surface area contributed by atoms with Gasteiger partial charge in [-0.1, -0.05) is 88.2 Å². The second kappa shape index (κ2) is 17.5. The van der Waals surface area contributed by atoms with E-state index in [-0.39, 0.29) is 5.91 Å². The van der Waals surface area contributed by atoms with Crippen molar-refractivity contribution in [3.8, 4) is 0 Å². The van der Waals surface area contributed by atoms with E-state index in [0.717, 1.165) is 34.9 Å². The molecule has 0 atom stereocenters. The zero-order valence-corrected chi connectivity index (χ0v) is 19.2. The summed E-state index contributed by atoms with van der Waals surface area (Å²) in [5.74, 6) is -0.284. The van der Waals surface area contributed by atoms with Crippen LogP contribution in [0, 0.1) is 0 Å². The number of hydrogen-bond donors (Lipinski definition) is 1. The minimum absolute atomic E-state index is 0.284. The largest absolute Gasteiger partial charge is 0.322 e. The van der Waals surface area contributed by atoms with Crippen LogP contribution in [0.15, 0.2) is 58.6 Å². The lowest BCUT2D eigenvalue weighted by molar-refractivity contribution is -0.112. The number of carbonyl (C=O) groups excluding carboxylic acids is 2. The smallest absolute Gasteiger partial charge is 0.255 e. The second-order valence-corrected chi connectivity index (χ2v) is 6.30. The van der Waals surface area contributed by atoms with Gasteiger partial charge in [0.2, 0.25) is 0 Å². The van der Waals surface area contributed by atoms with Crippen LogP contribution < -0.4 is 5.32 Å². The fourth-order valence-electron chi connectivity index (χ4n) is 1.86. The Bertz CT molecular complexity index is 646. The van der Waals surface area contributed by atoms with E-state index < -0.39 is 0 Å². The van der Waals surface area contributed by atoms with E-state index in [9.17, 15) is 9.59 Å². The summed E-state index contributed by atoms with van der Waals surface area (Å²) in [7, 11) is 0. The first-order valence-corrected chi connectivity index (χ1v) is 10.3. The molecule has 1 amide bonds. The molecule has 0 bridgehead atoms. The molecule has 1 rings (SSSR count). The fourth-order valence-corrected chi connectivity index (χ4v) is 2.42. The fraction of sp³-hybridized carbons (Fsp3) is 0.391. The van der Waals surface area contributed by atoms with Gasteiger partial charge in [-0.2, -0.15) is 0 Å². The van der Waals surface area contributed by atoms with E-state index in [0.29, 0.717) is 11.1 Å². The maximum atomic E-state index is 12.2.